The molecule has 1 unspecified atom stereocenters. The lowest BCUT2D eigenvalue weighted by Crippen LogP contribution is -2.26. The van der Waals surface area contributed by atoms with Crippen molar-refractivity contribution in [1.82, 2.24) is 5.32 Å². The van der Waals surface area contributed by atoms with Gasteiger partial charge in [0.1, 0.15) is 5.76 Å². The lowest BCUT2D eigenvalue weighted by Gasteiger charge is -2.12. The van der Waals surface area contributed by atoms with Gasteiger partial charge >= 0.3 is 6.03 Å². The van der Waals surface area contributed by atoms with Crippen LogP contribution in [0.3, 0.4) is 0 Å². The van der Waals surface area contributed by atoms with Crippen LogP contribution in [0.1, 0.15) is 29.1 Å². The van der Waals surface area contributed by atoms with Crippen LogP contribution in [0, 0.1) is 0 Å². The molecular weight excluding hydrogens is 406 g/mol. The third-order valence-corrected chi connectivity index (χ3v) is 4.96. The van der Waals surface area contributed by atoms with Crippen LogP contribution in [-0.4, -0.2) is 19.0 Å². The van der Waals surface area contributed by atoms with Crippen LogP contribution >= 0.6 is 0 Å². The molecule has 0 spiro atoms. The van der Waals surface area contributed by atoms with Crippen molar-refractivity contribution in [3.05, 3.63) is 90.2 Å². The highest BCUT2D eigenvalue weighted by Crippen LogP contribution is 2.31. The quantitative estimate of drug-likeness (QED) is 0.373. The standard InChI is InChI=1S/C25H23N3O4/c1-16(22-15-18-7-6-10-21(31-2)23(18)32-22)26-24(29)17-11-13-20(14-12-17)28-25(30)27-19-8-4-3-5-9-19/h3-16H,1-2H3,(H,26,29)(H2,27,28,30). The second kappa shape index (κ2) is 9.26. The van der Waals surface area contributed by atoms with Crippen LogP contribution in [0.5, 0.6) is 5.75 Å². The molecule has 0 aliphatic rings. The summed E-state index contributed by atoms with van der Waals surface area (Å²) in [6.45, 7) is 1.85. The number of furan rings is 1. The summed E-state index contributed by atoms with van der Waals surface area (Å²) in [5.41, 5.74) is 2.39. The second-order valence-electron chi connectivity index (χ2n) is 7.25. The number of ether oxygens (including phenoxy) is 1. The van der Waals surface area contributed by atoms with Crippen molar-refractivity contribution in [2.24, 2.45) is 0 Å². The Labute approximate surface area is 185 Å². The van der Waals surface area contributed by atoms with Crippen molar-refractivity contribution in [2.45, 2.75) is 13.0 Å². The number of para-hydroxylation sites is 2. The summed E-state index contributed by atoms with van der Waals surface area (Å²) >= 11 is 0. The van der Waals surface area contributed by atoms with Gasteiger partial charge in [0.25, 0.3) is 5.91 Å². The third-order valence-electron chi connectivity index (χ3n) is 4.96. The molecule has 0 bridgehead atoms. The number of fused-ring (bicyclic) bond motifs is 1. The smallest absolute Gasteiger partial charge is 0.323 e. The van der Waals surface area contributed by atoms with E-state index < -0.39 is 0 Å². The number of anilines is 2. The van der Waals surface area contributed by atoms with Crippen molar-refractivity contribution >= 4 is 34.3 Å². The van der Waals surface area contributed by atoms with E-state index in [9.17, 15) is 9.59 Å². The minimum Gasteiger partial charge on any atom is -0.493 e. The largest absolute Gasteiger partial charge is 0.493 e. The maximum absolute atomic E-state index is 12.7. The van der Waals surface area contributed by atoms with E-state index in [4.69, 9.17) is 9.15 Å². The molecule has 0 saturated carbocycles. The molecule has 1 atom stereocenters. The normalized spacial score (nSPS) is 11.6. The second-order valence-corrected chi connectivity index (χ2v) is 7.25. The van der Waals surface area contributed by atoms with Crippen LogP contribution in [0.4, 0.5) is 16.2 Å². The van der Waals surface area contributed by atoms with E-state index >= 15 is 0 Å². The minimum atomic E-state index is -0.359. The number of carbonyl (C=O) groups is 2. The Bertz CT molecular complexity index is 1230. The first-order valence-electron chi connectivity index (χ1n) is 10.1. The Kier molecular flexibility index (Phi) is 6.07. The molecule has 32 heavy (non-hydrogen) atoms. The van der Waals surface area contributed by atoms with Crippen molar-refractivity contribution < 1.29 is 18.7 Å². The number of carbonyl (C=O) groups excluding carboxylic acids is 2. The molecule has 1 heterocycles. The number of nitrogens with one attached hydrogen (secondary N) is 3. The SMILES string of the molecule is COc1cccc2cc(C(C)NC(=O)c3ccc(NC(=O)Nc4ccccc4)cc3)oc12. The first-order chi connectivity index (χ1) is 15.5. The van der Waals surface area contributed by atoms with Gasteiger partial charge in [-0.25, -0.2) is 4.79 Å². The van der Waals surface area contributed by atoms with Gasteiger partial charge < -0.3 is 25.1 Å². The Balaban J connectivity index is 1.38. The summed E-state index contributed by atoms with van der Waals surface area (Å²) in [6.07, 6.45) is 0. The van der Waals surface area contributed by atoms with Crippen molar-refractivity contribution in [3.63, 3.8) is 0 Å². The average molecular weight is 429 g/mol. The summed E-state index contributed by atoms with van der Waals surface area (Å²) in [7, 11) is 1.59. The lowest BCUT2D eigenvalue weighted by atomic mass is 10.1. The number of urea groups is 1. The third kappa shape index (κ3) is 4.73. The summed E-state index contributed by atoms with van der Waals surface area (Å²) in [5, 5.41) is 9.32. The van der Waals surface area contributed by atoms with Crippen LogP contribution in [0.2, 0.25) is 0 Å². The fourth-order valence-electron chi connectivity index (χ4n) is 3.30. The maximum Gasteiger partial charge on any atom is 0.323 e. The highest BCUT2D eigenvalue weighted by molar-refractivity contribution is 6.00. The predicted octanol–water partition coefficient (Wildman–Crippen LogP) is 5.58. The van der Waals surface area contributed by atoms with Gasteiger partial charge in [-0.05, 0) is 55.5 Å². The molecule has 7 nitrogen and oxygen atoms in total. The van der Waals surface area contributed by atoms with Gasteiger partial charge in [-0.1, -0.05) is 30.3 Å². The molecule has 0 saturated heterocycles. The molecule has 0 aliphatic heterocycles. The molecule has 162 valence electrons. The van der Waals surface area contributed by atoms with Crippen LogP contribution < -0.4 is 20.7 Å². The van der Waals surface area contributed by atoms with E-state index in [1.165, 1.54) is 0 Å². The Morgan fingerprint density at radius 3 is 2.25 bits per heavy atom. The maximum atomic E-state index is 12.7. The van der Waals surface area contributed by atoms with E-state index in [-0.39, 0.29) is 18.0 Å². The number of hydrogen-bond donors (Lipinski definition) is 3. The molecule has 0 aliphatic carbocycles. The Hall–Kier alpha value is -4.26. The molecular formula is C25H23N3O4. The van der Waals surface area contributed by atoms with E-state index in [1.54, 1.807) is 43.5 Å². The minimum absolute atomic E-state index is 0.245. The summed E-state index contributed by atoms with van der Waals surface area (Å²) in [5.74, 6) is 1.03. The molecule has 4 rings (SSSR count). The van der Waals surface area contributed by atoms with Gasteiger partial charge in [-0.2, -0.15) is 0 Å². The molecule has 3 amide bonds. The zero-order valence-electron chi connectivity index (χ0n) is 17.7. The van der Waals surface area contributed by atoms with E-state index in [1.807, 2.05) is 49.4 Å². The number of hydrogen-bond acceptors (Lipinski definition) is 4. The van der Waals surface area contributed by atoms with Crippen LogP contribution in [0.15, 0.2) is 83.3 Å². The number of benzene rings is 3. The summed E-state index contributed by atoms with van der Waals surface area (Å²) in [6, 6.07) is 22.6. The first-order valence-corrected chi connectivity index (χ1v) is 10.1. The van der Waals surface area contributed by atoms with E-state index in [0.717, 1.165) is 5.39 Å². The van der Waals surface area contributed by atoms with Gasteiger partial charge in [0.2, 0.25) is 0 Å². The molecule has 7 heteroatoms. The number of methoxy groups -OCH3 is 1. The highest BCUT2D eigenvalue weighted by atomic mass is 16.5. The molecule has 0 fully saturated rings. The lowest BCUT2D eigenvalue weighted by molar-refractivity contribution is 0.0935. The molecule has 1 aromatic heterocycles. The fraction of sp³-hybridized carbons (Fsp3) is 0.120. The molecule has 0 radical (unpaired) electrons. The average Bonchev–Trinajstić information content (AvgIpc) is 3.25. The molecule has 3 aromatic carbocycles. The zero-order chi connectivity index (χ0) is 22.5. The van der Waals surface area contributed by atoms with Gasteiger partial charge in [0.15, 0.2) is 11.3 Å². The van der Waals surface area contributed by atoms with Crippen LogP contribution in [0.25, 0.3) is 11.0 Å². The number of amides is 3. The zero-order valence-corrected chi connectivity index (χ0v) is 17.7. The van der Waals surface area contributed by atoms with Crippen LogP contribution in [-0.2, 0) is 0 Å². The first kappa shape index (κ1) is 21.0. The van der Waals surface area contributed by atoms with Gasteiger partial charge in [0, 0.05) is 22.3 Å². The van der Waals surface area contributed by atoms with Crippen molar-refractivity contribution in [2.75, 3.05) is 17.7 Å². The van der Waals surface area contributed by atoms with Crippen molar-refractivity contribution in [3.8, 4) is 5.75 Å². The Morgan fingerprint density at radius 1 is 0.875 bits per heavy atom. The van der Waals surface area contributed by atoms with Crippen molar-refractivity contribution in [1.29, 1.82) is 0 Å². The Morgan fingerprint density at radius 2 is 1.56 bits per heavy atom. The summed E-state index contributed by atoms with van der Waals surface area (Å²) < 4.78 is 11.2. The van der Waals surface area contributed by atoms with E-state index in [0.29, 0.717) is 34.0 Å². The van der Waals surface area contributed by atoms with E-state index in [2.05, 4.69) is 16.0 Å². The van der Waals surface area contributed by atoms with Gasteiger partial charge in [0.05, 0.1) is 13.2 Å². The highest BCUT2D eigenvalue weighted by Gasteiger charge is 2.17. The van der Waals surface area contributed by atoms with Gasteiger partial charge in [-0.3, -0.25) is 4.79 Å². The molecule has 4 aromatic rings. The predicted molar refractivity (Wildman–Crippen MR) is 124 cm³/mol. The fourth-order valence-corrected chi connectivity index (χ4v) is 3.30. The number of rotatable bonds is 6. The monoisotopic (exact) mass is 429 g/mol. The van der Waals surface area contributed by atoms with Gasteiger partial charge in [-0.15, -0.1) is 0 Å². The topological polar surface area (TPSA) is 92.6 Å². The summed E-state index contributed by atoms with van der Waals surface area (Å²) in [4.78, 5) is 24.8. The molecule has 3 N–H and O–H groups in total.